The van der Waals surface area contributed by atoms with Crippen molar-refractivity contribution in [3.05, 3.63) is 35.5 Å². The summed E-state index contributed by atoms with van der Waals surface area (Å²) in [5, 5.41) is 30.4. The fourth-order valence-electron chi connectivity index (χ4n) is 6.65. The molecule has 0 spiro atoms. The van der Waals surface area contributed by atoms with Crippen molar-refractivity contribution in [1.29, 1.82) is 0 Å². The lowest BCUT2D eigenvalue weighted by atomic mass is 9.60. The average Bonchev–Trinajstić information content (AvgIpc) is 3.04. The number of hydrogen-bond donors (Lipinski definition) is 3. The molecule has 3 nitrogen and oxygen atoms in total. The van der Waals surface area contributed by atoms with Gasteiger partial charge in [-0.3, -0.25) is 0 Å². The van der Waals surface area contributed by atoms with Crippen molar-refractivity contribution in [2.75, 3.05) is 0 Å². The van der Waals surface area contributed by atoms with Gasteiger partial charge >= 0.3 is 0 Å². The third-order valence-electron chi connectivity index (χ3n) is 8.68. The van der Waals surface area contributed by atoms with Crippen molar-refractivity contribution in [2.24, 2.45) is 29.1 Å². The van der Waals surface area contributed by atoms with Crippen LogP contribution in [-0.4, -0.2) is 33.6 Å². The lowest BCUT2D eigenvalue weighted by Gasteiger charge is -2.44. The summed E-state index contributed by atoms with van der Waals surface area (Å²) in [5.74, 6) is 2.35. The SMILES string of the molecule is C=C1/C(=C\C=C2/CCCC3(C)C2CCC3[C@H](C)CC[C@@H](O)C(C)C)C[C@H](O)CC1O. The van der Waals surface area contributed by atoms with Crippen LogP contribution in [0.25, 0.3) is 0 Å². The third-order valence-corrected chi connectivity index (χ3v) is 8.68. The molecule has 0 radical (unpaired) electrons. The second-order valence-corrected chi connectivity index (χ2v) is 11.0. The first-order valence-corrected chi connectivity index (χ1v) is 12.3. The predicted octanol–water partition coefficient (Wildman–Crippen LogP) is 5.56. The van der Waals surface area contributed by atoms with Crippen LogP contribution in [-0.2, 0) is 0 Å². The number of aliphatic hydroxyl groups is 3. The second-order valence-electron chi connectivity index (χ2n) is 11.0. The minimum atomic E-state index is -0.618. The van der Waals surface area contributed by atoms with Gasteiger partial charge in [-0.05, 0) is 91.6 Å². The maximum Gasteiger partial charge on any atom is 0.0811 e. The van der Waals surface area contributed by atoms with Gasteiger partial charge in [0.1, 0.15) is 0 Å². The van der Waals surface area contributed by atoms with Gasteiger partial charge in [0, 0.05) is 6.42 Å². The maximum absolute atomic E-state index is 10.3. The summed E-state index contributed by atoms with van der Waals surface area (Å²) in [6.45, 7) is 13.2. The predicted molar refractivity (Wildman–Crippen MR) is 124 cm³/mol. The van der Waals surface area contributed by atoms with Gasteiger partial charge in [-0.2, -0.15) is 0 Å². The molecule has 30 heavy (non-hydrogen) atoms. The highest BCUT2D eigenvalue weighted by Gasteiger charge is 2.50. The summed E-state index contributed by atoms with van der Waals surface area (Å²) >= 11 is 0. The van der Waals surface area contributed by atoms with E-state index in [1.807, 2.05) is 0 Å². The first-order chi connectivity index (χ1) is 14.1. The molecule has 3 aliphatic rings. The molecular weight excluding hydrogens is 372 g/mol. The van der Waals surface area contributed by atoms with E-state index in [-0.39, 0.29) is 6.10 Å². The Bertz CT molecular complexity index is 676. The molecule has 0 saturated heterocycles. The van der Waals surface area contributed by atoms with Crippen molar-refractivity contribution in [1.82, 2.24) is 0 Å². The van der Waals surface area contributed by atoms with Gasteiger partial charge in [-0.1, -0.05) is 52.0 Å². The van der Waals surface area contributed by atoms with E-state index in [1.165, 1.54) is 25.7 Å². The zero-order valence-electron chi connectivity index (χ0n) is 19.6. The summed E-state index contributed by atoms with van der Waals surface area (Å²) in [5.41, 5.74) is 3.69. The van der Waals surface area contributed by atoms with Crippen molar-refractivity contribution < 1.29 is 15.3 Å². The Hall–Kier alpha value is -0.900. The Labute approximate surface area is 184 Å². The molecule has 3 heteroatoms. The van der Waals surface area contributed by atoms with Crippen molar-refractivity contribution in [2.45, 2.75) is 104 Å². The van der Waals surface area contributed by atoms with Gasteiger partial charge in [-0.25, -0.2) is 0 Å². The molecule has 7 atom stereocenters. The Kier molecular flexibility index (Phi) is 7.69. The van der Waals surface area contributed by atoms with E-state index in [1.54, 1.807) is 5.57 Å². The normalized spacial score (nSPS) is 39.5. The number of hydrogen-bond acceptors (Lipinski definition) is 3. The minimum Gasteiger partial charge on any atom is -0.393 e. The van der Waals surface area contributed by atoms with Crippen LogP contribution in [0.5, 0.6) is 0 Å². The van der Waals surface area contributed by atoms with Crippen molar-refractivity contribution in [3.8, 4) is 0 Å². The molecule has 3 saturated carbocycles. The van der Waals surface area contributed by atoms with Crippen molar-refractivity contribution in [3.63, 3.8) is 0 Å². The van der Waals surface area contributed by atoms with Gasteiger partial charge in [-0.15, -0.1) is 0 Å². The van der Waals surface area contributed by atoms with Gasteiger partial charge in [0.05, 0.1) is 18.3 Å². The highest BCUT2D eigenvalue weighted by atomic mass is 16.3. The zero-order chi connectivity index (χ0) is 22.1. The molecule has 4 unspecified atom stereocenters. The zero-order valence-corrected chi connectivity index (χ0v) is 19.6. The Balaban J connectivity index is 1.72. The molecule has 3 aliphatic carbocycles. The van der Waals surface area contributed by atoms with Gasteiger partial charge in [0.15, 0.2) is 0 Å². The topological polar surface area (TPSA) is 60.7 Å². The van der Waals surface area contributed by atoms with E-state index in [0.29, 0.717) is 36.0 Å². The largest absolute Gasteiger partial charge is 0.393 e. The molecule has 0 heterocycles. The van der Waals surface area contributed by atoms with Crippen LogP contribution >= 0.6 is 0 Å². The van der Waals surface area contributed by atoms with Crippen LogP contribution < -0.4 is 0 Å². The lowest BCUT2D eigenvalue weighted by Crippen LogP contribution is -2.36. The van der Waals surface area contributed by atoms with Crippen LogP contribution in [0.3, 0.4) is 0 Å². The highest BCUT2D eigenvalue weighted by Crippen LogP contribution is 2.60. The third kappa shape index (κ3) is 4.95. The lowest BCUT2D eigenvalue weighted by molar-refractivity contribution is 0.0717. The molecule has 0 bridgehead atoms. The number of aliphatic hydroxyl groups excluding tert-OH is 3. The van der Waals surface area contributed by atoms with E-state index in [2.05, 4.69) is 46.4 Å². The fourth-order valence-corrected chi connectivity index (χ4v) is 6.65. The van der Waals surface area contributed by atoms with Crippen LogP contribution in [0.2, 0.25) is 0 Å². The standard InChI is InChI=1S/C27H44O3/c1-17(2)25(29)13-8-18(3)23-11-12-24-20(7-6-14-27(23,24)5)9-10-21-15-22(28)16-26(30)19(21)4/h9-10,17-18,22-26,28-30H,4,6-8,11-16H2,1-3,5H3/b20-9+,21-10-/t18-,22+,23?,24?,25-,26?,27?/m1/s1. The molecule has 0 amide bonds. The van der Waals surface area contributed by atoms with Crippen LogP contribution in [0, 0.1) is 29.1 Å². The quantitative estimate of drug-likeness (QED) is 0.531. The number of fused-ring (bicyclic) bond motifs is 1. The van der Waals surface area contributed by atoms with E-state index >= 15 is 0 Å². The van der Waals surface area contributed by atoms with Gasteiger partial charge in [0.2, 0.25) is 0 Å². The van der Waals surface area contributed by atoms with E-state index < -0.39 is 12.2 Å². The summed E-state index contributed by atoms with van der Waals surface area (Å²) in [6, 6.07) is 0. The van der Waals surface area contributed by atoms with Crippen LogP contribution in [0.15, 0.2) is 35.5 Å². The molecule has 0 aliphatic heterocycles. The van der Waals surface area contributed by atoms with Crippen LogP contribution in [0.1, 0.15) is 85.5 Å². The monoisotopic (exact) mass is 416 g/mol. The number of allylic oxidation sites excluding steroid dienone is 3. The molecular formula is C27H44O3. The van der Waals surface area contributed by atoms with E-state index in [4.69, 9.17) is 0 Å². The summed E-state index contributed by atoms with van der Waals surface area (Å²) in [4.78, 5) is 0. The Morgan fingerprint density at radius 2 is 1.87 bits per heavy atom. The Morgan fingerprint density at radius 1 is 1.13 bits per heavy atom. The Morgan fingerprint density at radius 3 is 2.57 bits per heavy atom. The van der Waals surface area contributed by atoms with Crippen LogP contribution in [0.4, 0.5) is 0 Å². The maximum atomic E-state index is 10.3. The van der Waals surface area contributed by atoms with E-state index in [9.17, 15) is 15.3 Å². The average molecular weight is 417 g/mol. The first kappa shape index (κ1) is 23.8. The minimum absolute atomic E-state index is 0.180. The highest BCUT2D eigenvalue weighted by molar-refractivity contribution is 5.38. The second kappa shape index (κ2) is 9.71. The van der Waals surface area contributed by atoms with E-state index in [0.717, 1.165) is 36.3 Å². The van der Waals surface area contributed by atoms with Gasteiger partial charge in [0.25, 0.3) is 0 Å². The molecule has 3 N–H and O–H groups in total. The molecule has 0 aromatic heterocycles. The summed E-state index contributed by atoms with van der Waals surface area (Å²) in [7, 11) is 0. The van der Waals surface area contributed by atoms with Gasteiger partial charge < -0.3 is 15.3 Å². The van der Waals surface area contributed by atoms with Crippen molar-refractivity contribution >= 4 is 0 Å². The first-order valence-electron chi connectivity index (χ1n) is 12.3. The summed E-state index contributed by atoms with van der Waals surface area (Å²) in [6.07, 6.45) is 12.4. The molecule has 3 fully saturated rings. The number of rotatable bonds is 6. The molecule has 0 aromatic rings. The fraction of sp³-hybridized carbons (Fsp3) is 0.778. The molecule has 0 aromatic carbocycles. The molecule has 3 rings (SSSR count). The smallest absolute Gasteiger partial charge is 0.0811 e. The molecule has 170 valence electrons. The summed E-state index contributed by atoms with van der Waals surface area (Å²) < 4.78 is 0.